The number of carbonyl (C=O) groups excluding carboxylic acids is 1. The number of guanidine groups is 1. The fraction of sp³-hybridized carbons (Fsp3) is 0.625. The number of primary amides is 1. The van der Waals surface area contributed by atoms with Crippen LogP contribution in [-0.4, -0.2) is 60.6 Å². The van der Waals surface area contributed by atoms with E-state index in [1.165, 1.54) is 6.26 Å². The van der Waals surface area contributed by atoms with Crippen molar-refractivity contribution in [2.24, 2.45) is 10.7 Å². The quantitative estimate of drug-likeness (QED) is 0.264. The highest BCUT2D eigenvalue weighted by Gasteiger charge is 2.21. The summed E-state index contributed by atoms with van der Waals surface area (Å²) < 4.78 is 5.18. The van der Waals surface area contributed by atoms with Gasteiger partial charge in [0.2, 0.25) is 5.91 Å². The van der Waals surface area contributed by atoms with Crippen molar-refractivity contribution in [1.82, 2.24) is 15.5 Å². The van der Waals surface area contributed by atoms with Gasteiger partial charge in [-0.25, -0.2) is 0 Å². The van der Waals surface area contributed by atoms with E-state index in [0.29, 0.717) is 18.3 Å². The molecule has 1 aromatic heterocycles. The van der Waals surface area contributed by atoms with Crippen molar-refractivity contribution in [1.29, 1.82) is 0 Å². The first-order valence-corrected chi connectivity index (χ1v) is 8.35. The number of aliphatic hydroxyl groups is 1. The average molecular weight is 465 g/mol. The highest BCUT2D eigenvalue weighted by Crippen LogP contribution is 2.13. The summed E-state index contributed by atoms with van der Waals surface area (Å²) in [4.78, 5) is 17.5. The molecule has 1 saturated heterocycles. The van der Waals surface area contributed by atoms with E-state index in [0.717, 1.165) is 32.5 Å². The van der Waals surface area contributed by atoms with Gasteiger partial charge in [0.05, 0.1) is 19.4 Å². The molecular weight excluding hydrogens is 437 g/mol. The molecule has 8 nitrogen and oxygen atoms in total. The standard InChI is InChI=1S/C16H27N5O3.HI/c1-2-18-16(19-10-13(22)14-4-3-9-24-14)20-12-5-7-21(8-6-12)11-15(17)23;/h3-4,9,12-13,22H,2,5-8,10-11H2,1H3,(H2,17,23)(H2,18,19,20);1H. The van der Waals surface area contributed by atoms with E-state index in [9.17, 15) is 9.90 Å². The van der Waals surface area contributed by atoms with Crippen LogP contribution in [0.1, 0.15) is 31.6 Å². The lowest BCUT2D eigenvalue weighted by Crippen LogP contribution is -2.49. The summed E-state index contributed by atoms with van der Waals surface area (Å²) in [6, 6.07) is 3.76. The van der Waals surface area contributed by atoms with Crippen LogP contribution in [0.25, 0.3) is 0 Å². The van der Waals surface area contributed by atoms with Crippen molar-refractivity contribution in [3.8, 4) is 0 Å². The third kappa shape index (κ3) is 7.61. The predicted molar refractivity (Wildman–Crippen MR) is 107 cm³/mol. The molecule has 0 aliphatic carbocycles. The smallest absolute Gasteiger partial charge is 0.231 e. The van der Waals surface area contributed by atoms with Crippen LogP contribution >= 0.6 is 24.0 Å². The Balaban J connectivity index is 0.00000312. The van der Waals surface area contributed by atoms with Gasteiger partial charge in [-0.2, -0.15) is 0 Å². The first kappa shape index (κ1) is 21.7. The minimum atomic E-state index is -0.757. The zero-order valence-electron chi connectivity index (χ0n) is 14.5. The minimum Gasteiger partial charge on any atom is -0.467 e. The molecule has 1 aromatic rings. The van der Waals surface area contributed by atoms with E-state index < -0.39 is 6.10 Å². The lowest BCUT2D eigenvalue weighted by molar-refractivity contribution is -0.119. The van der Waals surface area contributed by atoms with E-state index in [2.05, 4.69) is 20.5 Å². The summed E-state index contributed by atoms with van der Waals surface area (Å²) >= 11 is 0. The summed E-state index contributed by atoms with van der Waals surface area (Å²) in [5, 5.41) is 16.6. The molecule has 1 atom stereocenters. The van der Waals surface area contributed by atoms with Gasteiger partial charge in [-0.3, -0.25) is 14.7 Å². The van der Waals surface area contributed by atoms with Crippen molar-refractivity contribution in [2.75, 3.05) is 32.7 Å². The Morgan fingerprint density at radius 1 is 1.52 bits per heavy atom. The predicted octanol–water partition coefficient (Wildman–Crippen LogP) is 0.436. The average Bonchev–Trinajstić information content (AvgIpc) is 3.08. The van der Waals surface area contributed by atoms with Gasteiger partial charge in [-0.15, -0.1) is 24.0 Å². The number of halogens is 1. The van der Waals surface area contributed by atoms with Crippen molar-refractivity contribution >= 4 is 35.8 Å². The van der Waals surface area contributed by atoms with Crippen molar-refractivity contribution in [3.05, 3.63) is 24.2 Å². The number of furan rings is 1. The summed E-state index contributed by atoms with van der Waals surface area (Å²) in [7, 11) is 0. The molecule has 0 spiro atoms. The molecular formula is C16H28IN5O3. The zero-order valence-corrected chi connectivity index (χ0v) is 16.8. The number of nitrogens with two attached hydrogens (primary N) is 1. The van der Waals surface area contributed by atoms with E-state index in [1.54, 1.807) is 12.1 Å². The maximum atomic E-state index is 11.0. The number of hydrogen-bond acceptors (Lipinski definition) is 5. The van der Waals surface area contributed by atoms with Crippen LogP contribution in [0.4, 0.5) is 0 Å². The molecule has 5 N–H and O–H groups in total. The summed E-state index contributed by atoms with van der Waals surface area (Å²) in [6.45, 7) is 4.93. The second-order valence-corrected chi connectivity index (χ2v) is 5.91. The molecule has 0 radical (unpaired) electrons. The molecule has 9 heteroatoms. The normalized spacial score (nSPS) is 17.6. The molecule has 1 aliphatic heterocycles. The monoisotopic (exact) mass is 465 g/mol. The first-order valence-electron chi connectivity index (χ1n) is 8.35. The highest BCUT2D eigenvalue weighted by atomic mass is 127. The maximum absolute atomic E-state index is 11.0. The molecule has 2 heterocycles. The molecule has 0 aromatic carbocycles. The number of amides is 1. The Labute approximate surface area is 165 Å². The van der Waals surface area contributed by atoms with Crippen LogP contribution in [0.15, 0.2) is 27.8 Å². The molecule has 1 fully saturated rings. The number of aliphatic hydroxyl groups excluding tert-OH is 1. The Morgan fingerprint density at radius 2 is 2.24 bits per heavy atom. The Kier molecular flexibility index (Phi) is 9.83. The topological polar surface area (TPSA) is 116 Å². The third-order valence-corrected chi connectivity index (χ3v) is 3.95. The van der Waals surface area contributed by atoms with Crippen LogP contribution in [0.3, 0.4) is 0 Å². The Hall–Kier alpha value is -1.33. The Bertz CT molecular complexity index is 530. The van der Waals surface area contributed by atoms with Gasteiger partial charge in [-0.1, -0.05) is 0 Å². The fourth-order valence-corrected chi connectivity index (χ4v) is 2.72. The molecule has 1 unspecified atom stereocenters. The number of rotatable bonds is 7. The summed E-state index contributed by atoms with van der Waals surface area (Å²) in [5.74, 6) is 0.897. The zero-order chi connectivity index (χ0) is 17.4. The highest BCUT2D eigenvalue weighted by molar-refractivity contribution is 14.0. The summed E-state index contributed by atoms with van der Waals surface area (Å²) in [5.41, 5.74) is 5.23. The van der Waals surface area contributed by atoms with Crippen molar-refractivity contribution < 1.29 is 14.3 Å². The third-order valence-electron chi connectivity index (χ3n) is 3.95. The lowest BCUT2D eigenvalue weighted by Gasteiger charge is -2.32. The van der Waals surface area contributed by atoms with Crippen LogP contribution < -0.4 is 16.4 Å². The molecule has 1 aliphatic rings. The minimum absolute atomic E-state index is 0. The molecule has 142 valence electrons. The van der Waals surface area contributed by atoms with Gasteiger partial charge in [0.25, 0.3) is 0 Å². The summed E-state index contributed by atoms with van der Waals surface area (Å²) in [6.07, 6.45) is 2.61. The van der Waals surface area contributed by atoms with E-state index in [1.807, 2.05) is 6.92 Å². The van der Waals surface area contributed by atoms with Crippen LogP contribution in [0.2, 0.25) is 0 Å². The Morgan fingerprint density at radius 3 is 2.80 bits per heavy atom. The van der Waals surface area contributed by atoms with Crippen LogP contribution in [-0.2, 0) is 4.79 Å². The number of aliphatic imine (C=N–C) groups is 1. The van der Waals surface area contributed by atoms with Crippen LogP contribution in [0, 0.1) is 0 Å². The van der Waals surface area contributed by atoms with E-state index >= 15 is 0 Å². The number of piperidine rings is 1. The van der Waals surface area contributed by atoms with Crippen LogP contribution in [0.5, 0.6) is 0 Å². The number of nitrogens with zero attached hydrogens (tertiary/aromatic N) is 2. The van der Waals surface area contributed by atoms with Gasteiger partial charge in [-0.05, 0) is 31.9 Å². The maximum Gasteiger partial charge on any atom is 0.231 e. The van der Waals surface area contributed by atoms with Crippen molar-refractivity contribution in [3.63, 3.8) is 0 Å². The second-order valence-electron chi connectivity index (χ2n) is 5.91. The van der Waals surface area contributed by atoms with Gasteiger partial charge in [0.15, 0.2) is 5.96 Å². The lowest BCUT2D eigenvalue weighted by atomic mass is 10.1. The van der Waals surface area contributed by atoms with E-state index in [4.69, 9.17) is 10.2 Å². The molecule has 25 heavy (non-hydrogen) atoms. The molecule has 0 saturated carbocycles. The fourth-order valence-electron chi connectivity index (χ4n) is 2.72. The number of carbonyl (C=O) groups is 1. The molecule has 1 amide bonds. The van der Waals surface area contributed by atoms with E-state index in [-0.39, 0.29) is 42.5 Å². The number of nitrogens with one attached hydrogen (secondary N) is 2. The van der Waals surface area contributed by atoms with Gasteiger partial charge in [0.1, 0.15) is 11.9 Å². The second kappa shape index (κ2) is 11.3. The van der Waals surface area contributed by atoms with Gasteiger partial charge < -0.3 is 25.9 Å². The largest absolute Gasteiger partial charge is 0.467 e. The SMILES string of the molecule is CCNC(=NCC(O)c1ccco1)NC1CCN(CC(N)=O)CC1.I. The molecule has 0 bridgehead atoms. The van der Waals surface area contributed by atoms with Gasteiger partial charge >= 0.3 is 0 Å². The number of likely N-dealkylation sites (tertiary alicyclic amines) is 1. The number of hydrogen-bond donors (Lipinski definition) is 4. The molecule has 2 rings (SSSR count). The van der Waals surface area contributed by atoms with Gasteiger partial charge in [0, 0.05) is 25.7 Å². The van der Waals surface area contributed by atoms with Crippen molar-refractivity contribution in [2.45, 2.75) is 31.9 Å². The first-order chi connectivity index (χ1) is 11.6.